The van der Waals surface area contributed by atoms with Crippen LogP contribution in [0.5, 0.6) is 0 Å². The van der Waals surface area contributed by atoms with Crippen molar-refractivity contribution < 1.29 is 8.78 Å². The predicted octanol–water partition coefficient (Wildman–Crippen LogP) is 4.00. The van der Waals surface area contributed by atoms with Gasteiger partial charge in [0.1, 0.15) is 17.5 Å². The van der Waals surface area contributed by atoms with Crippen molar-refractivity contribution in [2.75, 3.05) is 41.3 Å². The number of benzene rings is 2. The lowest BCUT2D eigenvalue weighted by molar-refractivity contribution is 0.623. The maximum Gasteiger partial charge on any atom is 0.227 e. The van der Waals surface area contributed by atoms with Crippen molar-refractivity contribution in [1.29, 1.82) is 0 Å². The molecule has 0 atom stereocenters. The molecule has 0 unspecified atom stereocenters. The highest BCUT2D eigenvalue weighted by molar-refractivity contribution is 5.50. The third kappa shape index (κ3) is 4.80. The Balaban J connectivity index is 1.40. The van der Waals surface area contributed by atoms with Crippen molar-refractivity contribution >= 4 is 17.5 Å². The second-order valence-corrected chi connectivity index (χ2v) is 7.13. The van der Waals surface area contributed by atoms with Crippen molar-refractivity contribution in [2.45, 2.75) is 13.5 Å². The quantitative estimate of drug-likeness (QED) is 0.707. The van der Waals surface area contributed by atoms with E-state index < -0.39 is 0 Å². The fourth-order valence-electron chi connectivity index (χ4n) is 3.40. The Labute approximate surface area is 169 Å². The maximum atomic E-state index is 13.1. The lowest BCUT2D eigenvalue weighted by Crippen LogP contribution is -2.47. The number of piperazine rings is 1. The predicted molar refractivity (Wildman–Crippen MR) is 111 cm³/mol. The zero-order chi connectivity index (χ0) is 20.2. The zero-order valence-corrected chi connectivity index (χ0v) is 16.3. The molecule has 2 heterocycles. The number of nitrogens with zero attached hydrogens (tertiary/aromatic N) is 4. The van der Waals surface area contributed by atoms with Crippen LogP contribution < -0.4 is 15.1 Å². The molecule has 0 spiro atoms. The first-order chi connectivity index (χ1) is 14.1. The smallest absolute Gasteiger partial charge is 0.227 e. The van der Waals surface area contributed by atoms with Crippen molar-refractivity contribution in [1.82, 2.24) is 9.97 Å². The minimum Gasteiger partial charge on any atom is -0.368 e. The number of halogens is 2. The van der Waals surface area contributed by atoms with Crippen LogP contribution in [0.25, 0.3) is 0 Å². The molecular formula is C22H23F2N5. The Morgan fingerprint density at radius 3 is 2.07 bits per heavy atom. The average Bonchev–Trinajstić information content (AvgIpc) is 2.74. The summed E-state index contributed by atoms with van der Waals surface area (Å²) >= 11 is 0. The Bertz CT molecular complexity index is 952. The number of aryl methyl sites for hydroxylation is 1. The number of aromatic nitrogens is 2. The summed E-state index contributed by atoms with van der Waals surface area (Å²) in [6.07, 6.45) is 0. The van der Waals surface area contributed by atoms with Crippen LogP contribution in [0.4, 0.5) is 26.2 Å². The first-order valence-electron chi connectivity index (χ1n) is 9.66. The molecule has 0 saturated carbocycles. The van der Waals surface area contributed by atoms with Crippen LogP contribution in [0.15, 0.2) is 54.6 Å². The van der Waals surface area contributed by atoms with Gasteiger partial charge in [0.2, 0.25) is 5.95 Å². The summed E-state index contributed by atoms with van der Waals surface area (Å²) in [5.74, 6) is 0.984. The molecule has 2 aromatic carbocycles. The summed E-state index contributed by atoms with van der Waals surface area (Å²) < 4.78 is 26.2. The molecule has 1 saturated heterocycles. The van der Waals surface area contributed by atoms with E-state index in [0.29, 0.717) is 12.5 Å². The summed E-state index contributed by atoms with van der Waals surface area (Å²) in [5, 5.41) is 3.29. The van der Waals surface area contributed by atoms with Crippen LogP contribution >= 0.6 is 0 Å². The highest BCUT2D eigenvalue weighted by atomic mass is 19.1. The summed E-state index contributed by atoms with van der Waals surface area (Å²) in [5.41, 5.74) is 2.90. The van der Waals surface area contributed by atoms with Gasteiger partial charge in [0.15, 0.2) is 0 Å². The lowest BCUT2D eigenvalue weighted by Gasteiger charge is -2.36. The van der Waals surface area contributed by atoms with E-state index >= 15 is 0 Å². The van der Waals surface area contributed by atoms with E-state index in [-0.39, 0.29) is 11.6 Å². The molecule has 0 bridgehead atoms. The van der Waals surface area contributed by atoms with Crippen molar-refractivity contribution in [3.05, 3.63) is 77.5 Å². The molecule has 29 heavy (non-hydrogen) atoms. The molecule has 1 aliphatic heterocycles. The SMILES string of the molecule is Cc1cc(NCc2ccc(F)cc2)nc(N2CCN(c3ccc(F)cc3)CC2)n1. The van der Waals surface area contributed by atoms with Crippen LogP contribution in [0.2, 0.25) is 0 Å². The second-order valence-electron chi connectivity index (χ2n) is 7.13. The van der Waals surface area contributed by atoms with E-state index in [2.05, 4.69) is 25.1 Å². The van der Waals surface area contributed by atoms with Gasteiger partial charge in [-0.25, -0.2) is 13.8 Å². The molecule has 7 heteroatoms. The Morgan fingerprint density at radius 2 is 1.41 bits per heavy atom. The van der Waals surface area contributed by atoms with E-state index in [1.165, 1.54) is 24.3 Å². The summed E-state index contributed by atoms with van der Waals surface area (Å²) in [4.78, 5) is 13.6. The van der Waals surface area contributed by atoms with Gasteiger partial charge >= 0.3 is 0 Å². The molecule has 4 rings (SSSR count). The standard InChI is InChI=1S/C22H23F2N5/c1-16-14-21(25-15-17-2-4-18(23)5-3-17)27-22(26-16)29-12-10-28(11-13-29)20-8-6-19(24)7-9-20/h2-9,14H,10-13,15H2,1H3,(H,25,26,27). The second kappa shape index (κ2) is 8.43. The summed E-state index contributed by atoms with van der Waals surface area (Å²) in [6, 6.07) is 14.9. The van der Waals surface area contributed by atoms with E-state index in [1.807, 2.05) is 25.1 Å². The van der Waals surface area contributed by atoms with Crippen LogP contribution in [-0.2, 0) is 6.54 Å². The molecule has 0 aliphatic carbocycles. The van der Waals surface area contributed by atoms with Crippen LogP contribution in [0.1, 0.15) is 11.3 Å². The van der Waals surface area contributed by atoms with Gasteiger partial charge in [-0.15, -0.1) is 0 Å². The van der Waals surface area contributed by atoms with Gasteiger partial charge in [0, 0.05) is 50.2 Å². The molecule has 0 amide bonds. The topological polar surface area (TPSA) is 44.3 Å². The van der Waals surface area contributed by atoms with E-state index in [4.69, 9.17) is 0 Å². The molecule has 1 N–H and O–H groups in total. The Kier molecular flexibility index (Phi) is 5.55. The normalized spacial score (nSPS) is 14.2. The first kappa shape index (κ1) is 19.1. The van der Waals surface area contributed by atoms with Crippen LogP contribution in [0.3, 0.4) is 0 Å². The highest BCUT2D eigenvalue weighted by Gasteiger charge is 2.20. The molecule has 150 valence electrons. The maximum absolute atomic E-state index is 13.1. The minimum atomic E-state index is -0.242. The van der Waals surface area contributed by atoms with Gasteiger partial charge in [-0.1, -0.05) is 12.1 Å². The molecule has 1 fully saturated rings. The third-order valence-corrected chi connectivity index (χ3v) is 4.98. The van der Waals surface area contributed by atoms with Gasteiger partial charge < -0.3 is 15.1 Å². The van der Waals surface area contributed by atoms with Gasteiger partial charge in [0.05, 0.1) is 0 Å². The minimum absolute atomic E-state index is 0.221. The fraction of sp³-hybridized carbons (Fsp3) is 0.273. The lowest BCUT2D eigenvalue weighted by atomic mass is 10.2. The summed E-state index contributed by atoms with van der Waals surface area (Å²) in [6.45, 7) is 5.73. The molecule has 1 aliphatic rings. The van der Waals surface area contributed by atoms with Crippen LogP contribution in [-0.4, -0.2) is 36.1 Å². The van der Waals surface area contributed by atoms with Gasteiger partial charge in [0.25, 0.3) is 0 Å². The zero-order valence-electron chi connectivity index (χ0n) is 16.3. The largest absolute Gasteiger partial charge is 0.368 e. The molecular weight excluding hydrogens is 372 g/mol. The van der Waals surface area contributed by atoms with Crippen molar-refractivity contribution in [3.63, 3.8) is 0 Å². The fourth-order valence-corrected chi connectivity index (χ4v) is 3.40. The van der Waals surface area contributed by atoms with E-state index in [1.54, 1.807) is 12.1 Å². The monoisotopic (exact) mass is 395 g/mol. The number of hydrogen-bond donors (Lipinski definition) is 1. The molecule has 3 aromatic rings. The van der Waals surface area contributed by atoms with Gasteiger partial charge in [-0.05, 0) is 48.9 Å². The number of nitrogens with one attached hydrogen (secondary N) is 1. The van der Waals surface area contributed by atoms with Crippen molar-refractivity contribution in [3.8, 4) is 0 Å². The number of hydrogen-bond acceptors (Lipinski definition) is 5. The van der Waals surface area contributed by atoms with Gasteiger partial charge in [-0.2, -0.15) is 4.98 Å². The Morgan fingerprint density at radius 1 is 0.828 bits per heavy atom. The molecule has 0 radical (unpaired) electrons. The summed E-state index contributed by atoms with van der Waals surface area (Å²) in [7, 11) is 0. The number of anilines is 3. The third-order valence-electron chi connectivity index (χ3n) is 4.98. The van der Waals surface area contributed by atoms with Crippen molar-refractivity contribution in [2.24, 2.45) is 0 Å². The van der Waals surface area contributed by atoms with Gasteiger partial charge in [-0.3, -0.25) is 0 Å². The molecule has 5 nitrogen and oxygen atoms in total. The van der Waals surface area contributed by atoms with Crippen LogP contribution in [0, 0.1) is 18.6 Å². The first-order valence-corrected chi connectivity index (χ1v) is 9.66. The Hall–Kier alpha value is -3.22. The average molecular weight is 395 g/mol. The number of rotatable bonds is 5. The highest BCUT2D eigenvalue weighted by Crippen LogP contribution is 2.20. The van der Waals surface area contributed by atoms with E-state index in [9.17, 15) is 8.78 Å². The van der Waals surface area contributed by atoms with E-state index in [0.717, 1.165) is 48.9 Å². The molecule has 1 aromatic heterocycles.